The second-order valence-electron chi connectivity index (χ2n) is 8.51. The maximum absolute atomic E-state index is 13.4. The van der Waals surface area contributed by atoms with Crippen LogP contribution < -0.4 is 15.4 Å². The van der Waals surface area contributed by atoms with Crippen LogP contribution in [-0.2, 0) is 20.9 Å². The van der Waals surface area contributed by atoms with Crippen LogP contribution >= 0.6 is 11.8 Å². The lowest BCUT2D eigenvalue weighted by atomic mass is 10.1. The van der Waals surface area contributed by atoms with Crippen LogP contribution in [0.15, 0.2) is 58.5 Å². The van der Waals surface area contributed by atoms with Crippen molar-refractivity contribution in [1.29, 1.82) is 0 Å². The SMILES string of the molecule is CCC(C)NC(=O)CSC1=Nc2ccccc2C2=NC(CC(=O)NCc3ccccc3OC)C(=O)N12. The van der Waals surface area contributed by atoms with Crippen LogP contribution in [0, 0.1) is 0 Å². The van der Waals surface area contributed by atoms with Crippen LogP contribution in [0.5, 0.6) is 5.75 Å². The number of fused-ring (bicyclic) bond motifs is 3. The molecular weight excluding hydrogens is 478 g/mol. The molecule has 4 rings (SSSR count). The van der Waals surface area contributed by atoms with Crippen LogP contribution in [0.2, 0.25) is 0 Å². The summed E-state index contributed by atoms with van der Waals surface area (Å²) in [4.78, 5) is 49.1. The molecule has 0 saturated heterocycles. The molecule has 2 aromatic rings. The fourth-order valence-corrected chi connectivity index (χ4v) is 4.68. The Bertz CT molecular complexity index is 1230. The molecule has 3 amide bonds. The Morgan fingerprint density at radius 2 is 1.89 bits per heavy atom. The Hall–Kier alpha value is -3.66. The molecule has 0 radical (unpaired) electrons. The Labute approximate surface area is 214 Å². The highest BCUT2D eigenvalue weighted by Crippen LogP contribution is 2.34. The summed E-state index contributed by atoms with van der Waals surface area (Å²) >= 11 is 1.18. The monoisotopic (exact) mass is 507 g/mol. The van der Waals surface area contributed by atoms with E-state index in [0.717, 1.165) is 17.5 Å². The molecule has 9 nitrogen and oxygen atoms in total. The number of ether oxygens (including phenoxy) is 1. The van der Waals surface area contributed by atoms with Crippen molar-refractivity contribution in [1.82, 2.24) is 15.5 Å². The maximum atomic E-state index is 13.4. The van der Waals surface area contributed by atoms with E-state index in [2.05, 4.69) is 20.6 Å². The second kappa shape index (κ2) is 11.4. The molecule has 0 spiro atoms. The first-order chi connectivity index (χ1) is 17.4. The van der Waals surface area contributed by atoms with E-state index in [9.17, 15) is 14.4 Å². The van der Waals surface area contributed by atoms with Crippen molar-refractivity contribution in [3.8, 4) is 5.75 Å². The van der Waals surface area contributed by atoms with Gasteiger partial charge in [-0.15, -0.1) is 0 Å². The van der Waals surface area contributed by atoms with Gasteiger partial charge in [0, 0.05) is 23.7 Å². The van der Waals surface area contributed by atoms with Crippen LogP contribution in [-0.4, -0.2) is 58.6 Å². The van der Waals surface area contributed by atoms with Crippen molar-refractivity contribution in [2.24, 2.45) is 9.98 Å². The van der Waals surface area contributed by atoms with Crippen molar-refractivity contribution in [2.45, 2.75) is 45.3 Å². The third-order valence-electron chi connectivity index (χ3n) is 5.95. The van der Waals surface area contributed by atoms with Gasteiger partial charge in [0.15, 0.2) is 5.17 Å². The van der Waals surface area contributed by atoms with Gasteiger partial charge in [-0.05, 0) is 31.5 Å². The first-order valence-electron chi connectivity index (χ1n) is 11.8. The van der Waals surface area contributed by atoms with Gasteiger partial charge in [0.05, 0.1) is 25.0 Å². The smallest absolute Gasteiger partial charge is 0.259 e. The maximum Gasteiger partial charge on any atom is 0.259 e. The van der Waals surface area contributed by atoms with E-state index in [1.807, 2.05) is 62.4 Å². The van der Waals surface area contributed by atoms with Crippen molar-refractivity contribution in [2.75, 3.05) is 12.9 Å². The Morgan fingerprint density at radius 1 is 1.14 bits per heavy atom. The van der Waals surface area contributed by atoms with Gasteiger partial charge < -0.3 is 15.4 Å². The van der Waals surface area contributed by atoms with Crippen molar-refractivity contribution in [3.63, 3.8) is 0 Å². The van der Waals surface area contributed by atoms with Crippen LogP contribution in [0.3, 0.4) is 0 Å². The Balaban J connectivity index is 1.47. The zero-order valence-electron chi connectivity index (χ0n) is 20.5. The molecule has 0 aromatic heterocycles. The van der Waals surface area contributed by atoms with E-state index in [1.165, 1.54) is 16.7 Å². The number of thioether (sulfide) groups is 1. The fourth-order valence-electron chi connectivity index (χ4n) is 3.87. The van der Waals surface area contributed by atoms with E-state index in [0.29, 0.717) is 22.4 Å². The van der Waals surface area contributed by atoms with Gasteiger partial charge in [0.25, 0.3) is 5.91 Å². The summed E-state index contributed by atoms with van der Waals surface area (Å²) in [6, 6.07) is 14.0. The lowest BCUT2D eigenvalue weighted by Gasteiger charge is -2.25. The van der Waals surface area contributed by atoms with Gasteiger partial charge >= 0.3 is 0 Å². The van der Waals surface area contributed by atoms with Crippen LogP contribution in [0.25, 0.3) is 0 Å². The van der Waals surface area contributed by atoms with Gasteiger partial charge in [-0.3, -0.25) is 19.4 Å². The van der Waals surface area contributed by atoms with Gasteiger partial charge in [0.2, 0.25) is 11.8 Å². The lowest BCUT2D eigenvalue weighted by molar-refractivity contribution is -0.128. The molecule has 36 heavy (non-hydrogen) atoms. The average Bonchev–Trinajstić information content (AvgIpc) is 3.22. The third-order valence-corrected chi connectivity index (χ3v) is 6.89. The topological polar surface area (TPSA) is 112 Å². The summed E-state index contributed by atoms with van der Waals surface area (Å²) in [7, 11) is 1.58. The zero-order valence-corrected chi connectivity index (χ0v) is 21.3. The zero-order chi connectivity index (χ0) is 25.7. The minimum Gasteiger partial charge on any atom is -0.496 e. The van der Waals surface area contributed by atoms with Crippen molar-refractivity contribution < 1.29 is 19.1 Å². The molecule has 2 unspecified atom stereocenters. The molecule has 2 aromatic carbocycles. The minimum absolute atomic E-state index is 0.0661. The average molecular weight is 508 g/mol. The molecule has 0 saturated carbocycles. The normalized spacial score (nSPS) is 16.9. The first-order valence-corrected chi connectivity index (χ1v) is 12.8. The lowest BCUT2D eigenvalue weighted by Crippen LogP contribution is -2.42. The number of nitrogens with one attached hydrogen (secondary N) is 2. The number of methoxy groups -OCH3 is 1. The molecular formula is C26H29N5O4S. The number of hydrogen-bond donors (Lipinski definition) is 2. The molecule has 2 heterocycles. The van der Waals surface area contributed by atoms with E-state index in [4.69, 9.17) is 4.74 Å². The summed E-state index contributed by atoms with van der Waals surface area (Å²) in [5.74, 6) is 0.494. The summed E-state index contributed by atoms with van der Waals surface area (Å²) in [5, 5.41) is 6.15. The number of carbonyl (C=O) groups is 3. The fraction of sp³-hybridized carbons (Fsp3) is 0.346. The molecule has 2 aliphatic heterocycles. The molecule has 2 aliphatic rings. The highest BCUT2D eigenvalue weighted by molar-refractivity contribution is 8.14. The van der Waals surface area contributed by atoms with E-state index >= 15 is 0 Å². The van der Waals surface area contributed by atoms with Crippen molar-refractivity contribution >= 4 is 46.2 Å². The first kappa shape index (κ1) is 25.4. The number of para-hydroxylation sites is 2. The number of rotatable bonds is 9. The van der Waals surface area contributed by atoms with E-state index < -0.39 is 6.04 Å². The highest BCUT2D eigenvalue weighted by atomic mass is 32.2. The summed E-state index contributed by atoms with van der Waals surface area (Å²) in [6.07, 6.45) is 0.732. The second-order valence-corrected chi connectivity index (χ2v) is 9.45. The number of hydrogen-bond acceptors (Lipinski definition) is 7. The van der Waals surface area contributed by atoms with Crippen LogP contribution in [0.1, 0.15) is 37.8 Å². The molecule has 10 heteroatoms. The number of carbonyl (C=O) groups excluding carboxylic acids is 3. The van der Waals surface area contributed by atoms with E-state index in [1.54, 1.807) is 7.11 Å². The highest BCUT2D eigenvalue weighted by Gasteiger charge is 2.42. The Morgan fingerprint density at radius 3 is 2.67 bits per heavy atom. The Kier molecular flexibility index (Phi) is 8.04. The number of benzene rings is 2. The summed E-state index contributed by atoms with van der Waals surface area (Å²) in [6.45, 7) is 4.22. The number of nitrogens with zero attached hydrogens (tertiary/aromatic N) is 3. The molecule has 188 valence electrons. The molecule has 0 bridgehead atoms. The van der Waals surface area contributed by atoms with Crippen molar-refractivity contribution in [3.05, 3.63) is 59.7 Å². The predicted octanol–water partition coefficient (Wildman–Crippen LogP) is 3.01. The molecule has 0 aliphatic carbocycles. The van der Waals surface area contributed by atoms with Gasteiger partial charge in [-0.1, -0.05) is 49.0 Å². The molecule has 2 atom stereocenters. The summed E-state index contributed by atoms with van der Waals surface area (Å²) < 4.78 is 5.33. The van der Waals surface area contributed by atoms with E-state index in [-0.39, 0.29) is 42.5 Å². The molecule has 0 fully saturated rings. The standard InChI is InChI=1S/C26H29N5O4S/c1-4-16(2)28-23(33)15-36-26-30-19-11-7-6-10-18(19)24-29-20(25(34)31(24)26)13-22(32)27-14-17-9-5-8-12-21(17)35-3/h5-12,16,20H,4,13-15H2,1-3H3,(H,27,32)(H,28,33). The third kappa shape index (κ3) is 5.59. The predicted molar refractivity (Wildman–Crippen MR) is 141 cm³/mol. The minimum atomic E-state index is -0.872. The quantitative estimate of drug-likeness (QED) is 0.542. The number of aliphatic imine (C=N–C) groups is 2. The van der Waals surface area contributed by atoms with Crippen LogP contribution in [0.4, 0.5) is 5.69 Å². The summed E-state index contributed by atoms with van der Waals surface area (Å²) in [5.41, 5.74) is 2.23. The van der Waals surface area contributed by atoms with Gasteiger partial charge in [-0.2, -0.15) is 0 Å². The number of amidine groups is 2. The molecule has 2 N–H and O–H groups in total. The van der Waals surface area contributed by atoms with Gasteiger partial charge in [-0.25, -0.2) is 9.89 Å². The number of amides is 3. The largest absolute Gasteiger partial charge is 0.496 e. The van der Waals surface area contributed by atoms with Gasteiger partial charge in [0.1, 0.15) is 17.6 Å².